The Kier molecular flexibility index (Phi) is 6.18. The molecular formula is C21H21BrN6O2. The third kappa shape index (κ3) is 4.73. The average molecular weight is 469 g/mol. The van der Waals surface area contributed by atoms with E-state index in [0.717, 1.165) is 31.5 Å². The van der Waals surface area contributed by atoms with Crippen LogP contribution in [-0.2, 0) is 11.2 Å². The van der Waals surface area contributed by atoms with Crippen LogP contribution in [0.3, 0.4) is 0 Å². The molecule has 8 nitrogen and oxygen atoms in total. The van der Waals surface area contributed by atoms with Gasteiger partial charge in [-0.25, -0.2) is 4.98 Å². The van der Waals surface area contributed by atoms with Crippen molar-refractivity contribution >= 4 is 33.4 Å². The number of amides is 2. The van der Waals surface area contributed by atoms with Crippen LogP contribution in [0.15, 0.2) is 53.5 Å². The summed E-state index contributed by atoms with van der Waals surface area (Å²) >= 11 is 3.38. The van der Waals surface area contributed by atoms with Crippen molar-refractivity contribution in [2.45, 2.75) is 25.7 Å². The summed E-state index contributed by atoms with van der Waals surface area (Å²) in [5, 5.41) is 10.4. The first-order chi connectivity index (χ1) is 14.6. The van der Waals surface area contributed by atoms with E-state index in [2.05, 4.69) is 36.4 Å². The van der Waals surface area contributed by atoms with Gasteiger partial charge >= 0.3 is 0 Å². The maximum atomic E-state index is 12.7. The van der Waals surface area contributed by atoms with Gasteiger partial charge in [-0.3, -0.25) is 14.2 Å². The van der Waals surface area contributed by atoms with E-state index >= 15 is 0 Å². The standard InChI is InChI=1S/C21H21BrN6O2/c22-17-8-9-18(28-13-23-24-14-28)26-20(17)21(30)25-16-6-3-15(4-7-16)5-10-19(29)27-11-1-2-12-27/h3-4,6-9,13-14H,1-2,5,10-12H2,(H,25,30). The zero-order valence-corrected chi connectivity index (χ0v) is 17.9. The Bertz CT molecular complexity index is 1030. The van der Waals surface area contributed by atoms with Gasteiger partial charge in [-0.2, -0.15) is 0 Å². The van der Waals surface area contributed by atoms with E-state index in [9.17, 15) is 9.59 Å². The SMILES string of the molecule is O=C(Nc1ccc(CCC(=O)N2CCCC2)cc1)c1nc(-n2cnnc2)ccc1Br. The molecule has 3 heterocycles. The fourth-order valence-electron chi connectivity index (χ4n) is 3.37. The number of aromatic nitrogens is 4. The fraction of sp³-hybridized carbons (Fsp3) is 0.286. The van der Waals surface area contributed by atoms with E-state index in [1.165, 1.54) is 12.7 Å². The van der Waals surface area contributed by atoms with Gasteiger partial charge in [0.25, 0.3) is 5.91 Å². The van der Waals surface area contributed by atoms with Crippen LogP contribution in [-0.4, -0.2) is 49.6 Å². The minimum absolute atomic E-state index is 0.216. The lowest BCUT2D eigenvalue weighted by atomic mass is 10.1. The van der Waals surface area contributed by atoms with E-state index in [4.69, 9.17) is 0 Å². The molecule has 0 radical (unpaired) electrons. The van der Waals surface area contributed by atoms with Crippen LogP contribution in [0.4, 0.5) is 5.69 Å². The highest BCUT2D eigenvalue weighted by Gasteiger charge is 2.17. The zero-order chi connectivity index (χ0) is 20.9. The third-order valence-corrected chi connectivity index (χ3v) is 5.67. The molecular weight excluding hydrogens is 448 g/mol. The van der Waals surface area contributed by atoms with Gasteiger partial charge in [-0.15, -0.1) is 10.2 Å². The molecule has 1 saturated heterocycles. The first-order valence-electron chi connectivity index (χ1n) is 9.80. The molecule has 0 atom stereocenters. The van der Waals surface area contributed by atoms with Gasteiger partial charge in [0.15, 0.2) is 0 Å². The Morgan fingerprint density at radius 3 is 2.40 bits per heavy atom. The minimum Gasteiger partial charge on any atom is -0.343 e. The van der Waals surface area contributed by atoms with Crippen LogP contribution < -0.4 is 5.32 Å². The second-order valence-electron chi connectivity index (χ2n) is 7.11. The van der Waals surface area contributed by atoms with E-state index in [-0.39, 0.29) is 17.5 Å². The second kappa shape index (κ2) is 9.17. The molecule has 0 spiro atoms. The quantitative estimate of drug-likeness (QED) is 0.599. The number of likely N-dealkylation sites (tertiary alicyclic amines) is 1. The third-order valence-electron chi connectivity index (χ3n) is 5.03. The monoisotopic (exact) mass is 468 g/mol. The maximum absolute atomic E-state index is 12.7. The van der Waals surface area contributed by atoms with Gasteiger partial charge in [0.2, 0.25) is 5.91 Å². The first-order valence-corrected chi connectivity index (χ1v) is 10.6. The fourth-order valence-corrected chi connectivity index (χ4v) is 3.78. The Labute approximate surface area is 182 Å². The highest BCUT2D eigenvalue weighted by molar-refractivity contribution is 9.10. The normalized spacial score (nSPS) is 13.4. The molecule has 4 rings (SSSR count). The molecule has 9 heteroatoms. The van der Waals surface area contributed by atoms with Gasteiger partial charge < -0.3 is 10.2 Å². The Morgan fingerprint density at radius 1 is 1.00 bits per heavy atom. The number of nitrogens with zero attached hydrogens (tertiary/aromatic N) is 5. The van der Waals surface area contributed by atoms with Crippen LogP contribution in [0.25, 0.3) is 5.82 Å². The number of hydrogen-bond acceptors (Lipinski definition) is 5. The summed E-state index contributed by atoms with van der Waals surface area (Å²) in [4.78, 5) is 31.2. The second-order valence-corrected chi connectivity index (χ2v) is 7.96. The Morgan fingerprint density at radius 2 is 1.70 bits per heavy atom. The van der Waals surface area contributed by atoms with Gasteiger partial charge in [-0.05, 0) is 65.0 Å². The lowest BCUT2D eigenvalue weighted by Crippen LogP contribution is -2.27. The summed E-state index contributed by atoms with van der Waals surface area (Å²) in [6, 6.07) is 11.1. The number of pyridine rings is 1. The maximum Gasteiger partial charge on any atom is 0.275 e. The Hall–Kier alpha value is -3.07. The van der Waals surface area contributed by atoms with Gasteiger partial charge in [-0.1, -0.05) is 12.1 Å². The van der Waals surface area contributed by atoms with Crippen molar-refractivity contribution in [3.63, 3.8) is 0 Å². The summed E-state index contributed by atoms with van der Waals surface area (Å²) in [7, 11) is 0. The average Bonchev–Trinajstić information content (AvgIpc) is 3.47. The molecule has 0 unspecified atom stereocenters. The number of nitrogens with one attached hydrogen (secondary N) is 1. The van der Waals surface area contributed by atoms with E-state index in [1.807, 2.05) is 29.2 Å². The molecule has 2 aromatic heterocycles. The number of rotatable bonds is 6. The van der Waals surface area contributed by atoms with Crippen molar-refractivity contribution in [2.75, 3.05) is 18.4 Å². The summed E-state index contributed by atoms with van der Waals surface area (Å²) in [5.41, 5.74) is 1.99. The van der Waals surface area contributed by atoms with Crippen molar-refractivity contribution in [2.24, 2.45) is 0 Å². The number of aryl methyl sites for hydroxylation is 1. The first kappa shape index (κ1) is 20.2. The van der Waals surface area contributed by atoms with E-state index < -0.39 is 0 Å². The van der Waals surface area contributed by atoms with Gasteiger partial charge in [0.1, 0.15) is 24.2 Å². The number of carbonyl (C=O) groups excluding carboxylic acids is 2. The summed E-state index contributed by atoms with van der Waals surface area (Å²) in [6.07, 6.45) is 6.45. The van der Waals surface area contributed by atoms with Crippen molar-refractivity contribution in [1.82, 2.24) is 24.6 Å². The predicted molar refractivity (Wildman–Crippen MR) is 115 cm³/mol. The predicted octanol–water partition coefficient (Wildman–Crippen LogP) is 3.23. The highest BCUT2D eigenvalue weighted by Crippen LogP contribution is 2.19. The van der Waals surface area contributed by atoms with Gasteiger partial charge in [0.05, 0.1) is 0 Å². The molecule has 0 bridgehead atoms. The zero-order valence-electron chi connectivity index (χ0n) is 16.3. The van der Waals surface area contributed by atoms with Crippen LogP contribution in [0.1, 0.15) is 35.3 Å². The summed E-state index contributed by atoms with van der Waals surface area (Å²) in [6.45, 7) is 1.76. The van der Waals surface area contributed by atoms with E-state index in [1.54, 1.807) is 16.7 Å². The smallest absolute Gasteiger partial charge is 0.275 e. The topological polar surface area (TPSA) is 93.0 Å². The van der Waals surface area contributed by atoms with Crippen LogP contribution in [0.5, 0.6) is 0 Å². The number of carbonyl (C=O) groups is 2. The number of hydrogen-bond donors (Lipinski definition) is 1. The molecule has 2 amide bonds. The lowest BCUT2D eigenvalue weighted by molar-refractivity contribution is -0.130. The molecule has 1 N–H and O–H groups in total. The van der Waals surface area contributed by atoms with Crippen molar-refractivity contribution in [3.8, 4) is 5.82 Å². The van der Waals surface area contributed by atoms with Crippen molar-refractivity contribution in [3.05, 3.63) is 64.8 Å². The Balaban J connectivity index is 1.38. The molecule has 1 fully saturated rings. The van der Waals surface area contributed by atoms with Crippen LogP contribution in [0.2, 0.25) is 0 Å². The molecule has 1 aromatic carbocycles. The van der Waals surface area contributed by atoms with E-state index in [0.29, 0.717) is 28.8 Å². The van der Waals surface area contributed by atoms with Crippen molar-refractivity contribution in [1.29, 1.82) is 0 Å². The molecule has 3 aromatic rings. The highest BCUT2D eigenvalue weighted by atomic mass is 79.9. The largest absolute Gasteiger partial charge is 0.343 e. The lowest BCUT2D eigenvalue weighted by Gasteiger charge is -2.15. The van der Waals surface area contributed by atoms with Gasteiger partial charge in [0, 0.05) is 29.7 Å². The number of anilines is 1. The molecule has 154 valence electrons. The molecule has 0 saturated carbocycles. The molecule has 30 heavy (non-hydrogen) atoms. The molecule has 0 aliphatic carbocycles. The minimum atomic E-state index is -0.325. The molecule has 1 aliphatic rings. The summed E-state index contributed by atoms with van der Waals surface area (Å²) in [5.74, 6) is 0.439. The van der Waals surface area contributed by atoms with Crippen LogP contribution in [0, 0.1) is 0 Å². The van der Waals surface area contributed by atoms with Crippen molar-refractivity contribution < 1.29 is 9.59 Å². The number of halogens is 1. The summed E-state index contributed by atoms with van der Waals surface area (Å²) < 4.78 is 2.22. The van der Waals surface area contributed by atoms with Crippen LogP contribution >= 0.6 is 15.9 Å². The number of benzene rings is 1. The molecule has 1 aliphatic heterocycles.